The molecule has 9 heteroatoms. The van der Waals surface area contributed by atoms with E-state index in [4.69, 9.17) is 9.47 Å². The van der Waals surface area contributed by atoms with Gasteiger partial charge < -0.3 is 40.3 Å². The molecule has 0 aliphatic carbocycles. The molecule has 1 aliphatic heterocycles. The molecule has 7 atom stereocenters. The topological polar surface area (TPSA) is 149 Å². The summed E-state index contributed by atoms with van der Waals surface area (Å²) in [5.41, 5.74) is 0. The maximum atomic E-state index is 13.1. The summed E-state index contributed by atoms with van der Waals surface area (Å²) in [6, 6.07) is -0.838. The smallest absolute Gasteiger partial charge is 0.220 e. The number of hydrogen-bond acceptors (Lipinski definition) is 8. The molecule has 506 valence electrons. The van der Waals surface area contributed by atoms with E-state index in [1.54, 1.807) is 6.08 Å². The van der Waals surface area contributed by atoms with Crippen LogP contribution in [-0.4, -0.2) is 87.5 Å². The second kappa shape index (κ2) is 66.5. The molecule has 88 heavy (non-hydrogen) atoms. The number of nitrogens with one attached hydrogen (secondary N) is 1. The number of amides is 1. The minimum absolute atomic E-state index is 0.197. The summed E-state index contributed by atoms with van der Waals surface area (Å²) in [6.45, 7) is 3.67. The number of allylic oxidation sites excluding steroid dienone is 19. The molecule has 0 aromatic heterocycles. The van der Waals surface area contributed by atoms with Crippen LogP contribution in [0.1, 0.15) is 316 Å². The van der Waals surface area contributed by atoms with Crippen molar-refractivity contribution >= 4 is 5.91 Å². The number of carbonyl (C=O) groups is 1. The van der Waals surface area contributed by atoms with Gasteiger partial charge in [0.2, 0.25) is 5.91 Å². The molecule has 1 rings (SSSR count). The fourth-order valence-corrected chi connectivity index (χ4v) is 11.1. The van der Waals surface area contributed by atoms with Crippen molar-refractivity contribution in [1.29, 1.82) is 0 Å². The molecule has 0 spiro atoms. The van der Waals surface area contributed by atoms with Gasteiger partial charge in [-0.05, 0) is 96.3 Å². The number of aliphatic hydroxyl groups excluding tert-OH is 5. The zero-order chi connectivity index (χ0) is 63.5. The predicted octanol–water partition coefficient (Wildman–Crippen LogP) is 20.6. The number of aliphatic hydroxyl groups is 5. The van der Waals surface area contributed by atoms with E-state index < -0.39 is 49.5 Å². The lowest BCUT2D eigenvalue weighted by molar-refractivity contribution is -0.302. The maximum absolute atomic E-state index is 13.1. The number of unbranched alkanes of at least 4 members (excludes halogenated alkanes) is 35. The lowest BCUT2D eigenvalue weighted by Gasteiger charge is -2.40. The van der Waals surface area contributed by atoms with Crippen LogP contribution < -0.4 is 5.32 Å². The third-order valence-electron chi connectivity index (χ3n) is 16.8. The minimum atomic E-state index is -1.58. The Labute approximate surface area is 541 Å². The van der Waals surface area contributed by atoms with E-state index in [0.717, 1.165) is 103 Å². The summed E-state index contributed by atoms with van der Waals surface area (Å²) < 4.78 is 11.3. The fourth-order valence-electron chi connectivity index (χ4n) is 11.1. The van der Waals surface area contributed by atoms with Crippen molar-refractivity contribution in [1.82, 2.24) is 5.32 Å². The molecular formula is C79H137NO8. The van der Waals surface area contributed by atoms with Crippen LogP contribution in [0.2, 0.25) is 0 Å². The first-order valence-corrected chi connectivity index (χ1v) is 36.8. The molecule has 9 nitrogen and oxygen atoms in total. The van der Waals surface area contributed by atoms with Crippen LogP contribution in [0.25, 0.3) is 0 Å². The van der Waals surface area contributed by atoms with Gasteiger partial charge in [0.05, 0.1) is 25.4 Å². The monoisotopic (exact) mass is 1230 g/mol. The van der Waals surface area contributed by atoms with E-state index in [-0.39, 0.29) is 12.5 Å². The molecular weight excluding hydrogens is 1090 g/mol. The van der Waals surface area contributed by atoms with Gasteiger partial charge in [0, 0.05) is 6.42 Å². The number of ether oxygens (including phenoxy) is 2. The Bertz CT molecular complexity index is 1810. The Morgan fingerprint density at radius 2 is 0.716 bits per heavy atom. The first-order valence-electron chi connectivity index (χ1n) is 36.8. The average Bonchev–Trinajstić information content (AvgIpc) is 3.65. The van der Waals surface area contributed by atoms with Gasteiger partial charge in [-0.1, -0.05) is 334 Å². The van der Waals surface area contributed by atoms with Crippen LogP contribution in [0, 0.1) is 0 Å². The predicted molar refractivity (Wildman–Crippen MR) is 377 cm³/mol. The lowest BCUT2D eigenvalue weighted by Crippen LogP contribution is -2.60. The summed E-state index contributed by atoms with van der Waals surface area (Å²) in [5.74, 6) is -0.197. The highest BCUT2D eigenvalue weighted by atomic mass is 16.7. The van der Waals surface area contributed by atoms with Gasteiger partial charge in [0.25, 0.3) is 0 Å². The van der Waals surface area contributed by atoms with Gasteiger partial charge >= 0.3 is 0 Å². The van der Waals surface area contributed by atoms with Crippen molar-refractivity contribution in [2.45, 2.75) is 358 Å². The minimum Gasteiger partial charge on any atom is -0.394 e. The van der Waals surface area contributed by atoms with Crippen molar-refractivity contribution in [2.75, 3.05) is 13.2 Å². The van der Waals surface area contributed by atoms with Gasteiger partial charge in [-0.2, -0.15) is 0 Å². The van der Waals surface area contributed by atoms with Gasteiger partial charge in [-0.25, -0.2) is 0 Å². The van der Waals surface area contributed by atoms with Crippen molar-refractivity contribution in [3.8, 4) is 0 Å². The van der Waals surface area contributed by atoms with Gasteiger partial charge in [0.1, 0.15) is 24.4 Å². The third-order valence-corrected chi connectivity index (χ3v) is 16.8. The molecule has 0 aromatic carbocycles. The Balaban J connectivity index is 2.17. The number of rotatable bonds is 63. The highest BCUT2D eigenvalue weighted by Gasteiger charge is 2.44. The summed E-state index contributed by atoms with van der Waals surface area (Å²) in [7, 11) is 0. The molecule has 1 aliphatic rings. The van der Waals surface area contributed by atoms with E-state index in [2.05, 4.69) is 129 Å². The highest BCUT2D eigenvalue weighted by molar-refractivity contribution is 5.76. The second-order valence-electron chi connectivity index (χ2n) is 25.0. The quantitative estimate of drug-likeness (QED) is 0.0261. The Morgan fingerprint density at radius 1 is 0.398 bits per heavy atom. The Hall–Kier alpha value is -3.41. The number of hydrogen-bond donors (Lipinski definition) is 6. The standard InChI is InChI=1S/C79H137NO8/c1-3-5-7-9-11-13-15-17-19-21-23-25-27-29-31-33-35-37-39-41-43-45-47-49-51-53-55-57-59-61-63-65-67-69-75(83)80-72(71-87-79-78(86)77(85)76(84)74(70-81)88-79)73(82)68-66-64-62-60-58-56-54-52-50-48-46-44-42-40-38-36-34-32-30-28-26-24-22-20-18-16-14-12-10-8-6-4-2/h5,7,11,13,17,19,23,25,29,31,35,37,41,43,47,49,58,60,66,68,72-74,76-79,81-82,84-86H,3-4,6,8-10,12,14-16,18,20-22,24,26-28,30,32-34,36,38-40,42,44-46,48,50-57,59,61-65,67,69-71H2,1-2H3,(H,80,83)/b7-5-,13-11-,19-17-,25-23-,31-29-,37-35-,43-41-,49-47-,60-58+,68-66+. The first kappa shape index (κ1) is 82.6. The number of carbonyl (C=O) groups excluding carboxylic acids is 1. The van der Waals surface area contributed by atoms with E-state index in [1.807, 2.05) is 6.08 Å². The zero-order valence-electron chi connectivity index (χ0n) is 56.7. The van der Waals surface area contributed by atoms with Crippen LogP contribution in [-0.2, 0) is 14.3 Å². The Morgan fingerprint density at radius 3 is 1.09 bits per heavy atom. The normalized spacial score (nSPS) is 18.6. The van der Waals surface area contributed by atoms with Crippen LogP contribution >= 0.6 is 0 Å². The molecule has 1 amide bonds. The second-order valence-corrected chi connectivity index (χ2v) is 25.0. The van der Waals surface area contributed by atoms with Crippen LogP contribution in [0.4, 0.5) is 0 Å². The van der Waals surface area contributed by atoms with Crippen molar-refractivity contribution in [3.63, 3.8) is 0 Å². The van der Waals surface area contributed by atoms with Crippen LogP contribution in [0.3, 0.4) is 0 Å². The van der Waals surface area contributed by atoms with Crippen molar-refractivity contribution in [2.24, 2.45) is 0 Å². The summed E-state index contributed by atoms with van der Waals surface area (Å²) >= 11 is 0. The zero-order valence-corrected chi connectivity index (χ0v) is 56.7. The van der Waals surface area contributed by atoms with E-state index in [0.29, 0.717) is 6.42 Å². The molecule has 1 saturated heterocycles. The largest absolute Gasteiger partial charge is 0.394 e. The average molecular weight is 1230 g/mol. The van der Waals surface area contributed by atoms with Crippen molar-refractivity contribution < 1.29 is 39.8 Å². The first-order chi connectivity index (χ1) is 43.3. The van der Waals surface area contributed by atoms with Crippen LogP contribution in [0.15, 0.2) is 122 Å². The molecule has 0 saturated carbocycles. The van der Waals surface area contributed by atoms with Gasteiger partial charge in [-0.15, -0.1) is 0 Å². The van der Waals surface area contributed by atoms with Gasteiger partial charge in [0.15, 0.2) is 6.29 Å². The maximum Gasteiger partial charge on any atom is 0.220 e. The summed E-state index contributed by atoms with van der Waals surface area (Å²) in [6.07, 6.45) is 93.1. The molecule has 7 unspecified atom stereocenters. The SMILES string of the molecule is CC/C=C\C/C=C\C/C=C\C/C=C\C/C=C\C/C=C\C/C=C\C/C=C\CCCCCCCCCCC(=O)NC(COC1OC(CO)C(O)C(O)C1O)C(O)/C=C/CC/C=C/CCCCCCCCCCCCCCCCCCCCCCCCCCCC. The Kier molecular flexibility index (Phi) is 62.4. The summed E-state index contributed by atoms with van der Waals surface area (Å²) in [5, 5.41) is 54.8. The molecule has 0 bridgehead atoms. The van der Waals surface area contributed by atoms with Crippen molar-refractivity contribution in [3.05, 3.63) is 122 Å². The van der Waals surface area contributed by atoms with Gasteiger partial charge in [-0.3, -0.25) is 4.79 Å². The molecule has 0 radical (unpaired) electrons. The molecule has 0 aromatic rings. The molecule has 1 heterocycles. The van der Waals surface area contributed by atoms with Crippen LogP contribution in [0.5, 0.6) is 0 Å². The van der Waals surface area contributed by atoms with E-state index >= 15 is 0 Å². The molecule has 1 fully saturated rings. The molecule has 6 N–H and O–H groups in total. The fraction of sp³-hybridized carbons (Fsp3) is 0.734. The third kappa shape index (κ3) is 54.3. The lowest BCUT2D eigenvalue weighted by atomic mass is 9.99. The van der Waals surface area contributed by atoms with E-state index in [9.17, 15) is 30.3 Å². The van der Waals surface area contributed by atoms with E-state index in [1.165, 1.54) is 193 Å². The highest BCUT2D eigenvalue weighted by Crippen LogP contribution is 2.23. The summed E-state index contributed by atoms with van der Waals surface area (Å²) in [4.78, 5) is 13.1.